The molecule has 0 spiro atoms. The number of hydrogen-bond acceptors (Lipinski definition) is 2. The molecule has 1 N–H and O–H groups in total. The van der Waals surface area contributed by atoms with Crippen molar-refractivity contribution in [2.45, 2.75) is 32.6 Å². The second-order valence-electron chi connectivity index (χ2n) is 5.31. The number of carbonyl (C=O) groups is 1. The first kappa shape index (κ1) is 16.0. The van der Waals surface area contributed by atoms with Crippen LogP contribution in [0.4, 0.5) is 5.69 Å². The van der Waals surface area contributed by atoms with E-state index in [9.17, 15) is 4.79 Å². The highest BCUT2D eigenvalue weighted by Crippen LogP contribution is 2.14. The highest BCUT2D eigenvalue weighted by Gasteiger charge is 2.00. The number of hydrogen-bond donors (Lipinski definition) is 1. The van der Waals surface area contributed by atoms with Crippen LogP contribution in [-0.2, 0) is 6.42 Å². The fourth-order valence-corrected chi connectivity index (χ4v) is 2.19. The fraction of sp³-hybridized carbons (Fsp3) is 0.263. The zero-order valence-electron chi connectivity index (χ0n) is 12.8. The molecule has 0 bridgehead atoms. The number of benzene rings is 2. The summed E-state index contributed by atoms with van der Waals surface area (Å²) in [7, 11) is 0. The van der Waals surface area contributed by atoms with Crippen LogP contribution in [0.25, 0.3) is 0 Å². The number of unbranched alkanes of at least 4 members (excludes halogenated alkanes) is 2. The van der Waals surface area contributed by atoms with Crippen molar-refractivity contribution in [3.8, 4) is 0 Å². The minimum Gasteiger partial charge on any atom is -0.478 e. The second kappa shape index (κ2) is 8.13. The van der Waals surface area contributed by atoms with Crippen LogP contribution in [0.2, 0.25) is 0 Å². The Morgan fingerprint density at radius 2 is 1.73 bits per heavy atom. The molecule has 0 saturated carbocycles. The Morgan fingerprint density at radius 3 is 2.32 bits per heavy atom. The van der Waals surface area contributed by atoms with Gasteiger partial charge in [0.1, 0.15) is 0 Å². The fourth-order valence-electron chi connectivity index (χ4n) is 2.19. The summed E-state index contributed by atoms with van der Waals surface area (Å²) in [6.07, 6.45) is 6.67. The van der Waals surface area contributed by atoms with Gasteiger partial charge < -0.3 is 5.11 Å². The van der Waals surface area contributed by atoms with Gasteiger partial charge in [-0.3, -0.25) is 4.99 Å². The van der Waals surface area contributed by atoms with Crippen LogP contribution in [0, 0.1) is 0 Å². The van der Waals surface area contributed by atoms with Crippen molar-refractivity contribution in [1.29, 1.82) is 0 Å². The van der Waals surface area contributed by atoms with Crippen molar-refractivity contribution in [2.75, 3.05) is 0 Å². The van der Waals surface area contributed by atoms with Crippen LogP contribution in [0.15, 0.2) is 53.5 Å². The van der Waals surface area contributed by atoms with E-state index in [-0.39, 0.29) is 5.56 Å². The molecule has 114 valence electrons. The molecule has 0 atom stereocenters. The minimum atomic E-state index is -0.922. The van der Waals surface area contributed by atoms with E-state index in [1.807, 2.05) is 0 Å². The predicted octanol–water partition coefficient (Wildman–Crippen LogP) is 4.87. The van der Waals surface area contributed by atoms with Gasteiger partial charge in [-0.1, -0.05) is 44.0 Å². The average Bonchev–Trinajstić information content (AvgIpc) is 2.55. The number of rotatable bonds is 7. The summed E-state index contributed by atoms with van der Waals surface area (Å²) >= 11 is 0. The molecule has 0 aromatic heterocycles. The first-order valence-corrected chi connectivity index (χ1v) is 7.65. The van der Waals surface area contributed by atoms with Crippen LogP contribution in [0.3, 0.4) is 0 Å². The molecule has 0 heterocycles. The van der Waals surface area contributed by atoms with Crippen molar-refractivity contribution in [1.82, 2.24) is 0 Å². The Morgan fingerprint density at radius 1 is 1.05 bits per heavy atom. The molecule has 2 aromatic rings. The normalized spacial score (nSPS) is 11.0. The third-order valence-corrected chi connectivity index (χ3v) is 3.53. The van der Waals surface area contributed by atoms with Crippen molar-refractivity contribution in [3.63, 3.8) is 0 Å². The molecule has 22 heavy (non-hydrogen) atoms. The minimum absolute atomic E-state index is 0.274. The molecule has 0 radical (unpaired) electrons. The quantitative estimate of drug-likeness (QED) is 0.585. The Labute approximate surface area is 131 Å². The molecular weight excluding hydrogens is 274 g/mol. The van der Waals surface area contributed by atoms with Gasteiger partial charge in [0.2, 0.25) is 0 Å². The molecule has 0 aliphatic rings. The molecule has 2 rings (SSSR count). The zero-order chi connectivity index (χ0) is 15.8. The van der Waals surface area contributed by atoms with Gasteiger partial charge in [0.15, 0.2) is 0 Å². The monoisotopic (exact) mass is 295 g/mol. The van der Waals surface area contributed by atoms with E-state index in [0.29, 0.717) is 0 Å². The Kier molecular flexibility index (Phi) is 5.90. The molecule has 0 aliphatic heterocycles. The molecule has 0 unspecified atom stereocenters. The van der Waals surface area contributed by atoms with Crippen LogP contribution < -0.4 is 0 Å². The summed E-state index contributed by atoms with van der Waals surface area (Å²) in [5, 5.41) is 8.85. The van der Waals surface area contributed by atoms with Crippen molar-refractivity contribution in [3.05, 3.63) is 65.2 Å². The van der Waals surface area contributed by atoms with Gasteiger partial charge in [-0.15, -0.1) is 0 Å². The Balaban J connectivity index is 1.96. The molecular formula is C19H21NO2. The van der Waals surface area contributed by atoms with Crippen molar-refractivity contribution >= 4 is 17.9 Å². The largest absolute Gasteiger partial charge is 0.478 e. The SMILES string of the molecule is CCCCCc1ccc(/C=N/c2ccc(C(=O)O)cc2)cc1. The first-order chi connectivity index (χ1) is 10.7. The number of nitrogens with zero attached hydrogens (tertiary/aromatic N) is 1. The van der Waals surface area contributed by atoms with E-state index in [1.54, 1.807) is 30.5 Å². The van der Waals surface area contributed by atoms with Gasteiger partial charge in [-0.25, -0.2) is 4.79 Å². The number of aryl methyl sites for hydroxylation is 1. The molecule has 3 heteroatoms. The van der Waals surface area contributed by atoms with Gasteiger partial charge in [-0.05, 0) is 48.2 Å². The summed E-state index contributed by atoms with van der Waals surface area (Å²) in [6, 6.07) is 15.0. The summed E-state index contributed by atoms with van der Waals surface area (Å²) < 4.78 is 0. The summed E-state index contributed by atoms with van der Waals surface area (Å²) in [6.45, 7) is 2.21. The summed E-state index contributed by atoms with van der Waals surface area (Å²) in [5.74, 6) is -0.922. The topological polar surface area (TPSA) is 49.7 Å². The Hall–Kier alpha value is -2.42. The third-order valence-electron chi connectivity index (χ3n) is 3.53. The zero-order valence-corrected chi connectivity index (χ0v) is 12.8. The number of aromatic carboxylic acids is 1. The van der Waals surface area contributed by atoms with Crippen molar-refractivity contribution < 1.29 is 9.90 Å². The van der Waals surface area contributed by atoms with Crippen molar-refractivity contribution in [2.24, 2.45) is 4.99 Å². The van der Waals surface area contributed by atoms with Crippen LogP contribution in [0.5, 0.6) is 0 Å². The van der Waals surface area contributed by atoms with Gasteiger partial charge in [0.05, 0.1) is 11.3 Å². The standard InChI is InChI=1S/C19H21NO2/c1-2-3-4-5-15-6-8-16(9-7-15)14-20-18-12-10-17(11-13-18)19(21)22/h6-14H,2-5H2,1H3,(H,21,22)/b20-14+. The van der Waals surface area contributed by atoms with Crippen LogP contribution >= 0.6 is 0 Å². The van der Waals surface area contributed by atoms with E-state index in [1.165, 1.54) is 24.8 Å². The maximum atomic E-state index is 10.8. The van der Waals surface area contributed by atoms with Crippen LogP contribution in [-0.4, -0.2) is 17.3 Å². The Bertz CT molecular complexity index is 627. The highest BCUT2D eigenvalue weighted by molar-refractivity contribution is 5.88. The molecule has 0 aliphatic carbocycles. The van der Waals surface area contributed by atoms with E-state index >= 15 is 0 Å². The number of carboxylic acid groups (broad SMARTS) is 1. The summed E-state index contributed by atoms with van der Waals surface area (Å²) in [5.41, 5.74) is 3.42. The first-order valence-electron chi connectivity index (χ1n) is 7.65. The van der Waals surface area contributed by atoms with Gasteiger partial charge in [-0.2, -0.15) is 0 Å². The van der Waals surface area contributed by atoms with Gasteiger partial charge >= 0.3 is 5.97 Å². The van der Waals surface area contributed by atoms with Gasteiger partial charge in [0, 0.05) is 6.21 Å². The molecule has 2 aromatic carbocycles. The number of aliphatic imine (C=N–C) groups is 1. The van der Waals surface area contributed by atoms with Crippen LogP contribution in [0.1, 0.15) is 47.7 Å². The lowest BCUT2D eigenvalue weighted by atomic mass is 10.1. The predicted molar refractivity (Wildman–Crippen MR) is 90.3 cm³/mol. The van der Waals surface area contributed by atoms with E-state index in [0.717, 1.165) is 17.7 Å². The van der Waals surface area contributed by atoms with E-state index in [4.69, 9.17) is 5.11 Å². The molecule has 0 saturated heterocycles. The molecule has 0 amide bonds. The smallest absolute Gasteiger partial charge is 0.335 e. The average molecular weight is 295 g/mol. The lowest BCUT2D eigenvalue weighted by Gasteiger charge is -2.01. The second-order valence-corrected chi connectivity index (χ2v) is 5.31. The number of carboxylic acids is 1. The summed E-state index contributed by atoms with van der Waals surface area (Å²) in [4.78, 5) is 15.1. The molecule has 0 fully saturated rings. The maximum absolute atomic E-state index is 10.8. The molecule has 3 nitrogen and oxygen atoms in total. The lowest BCUT2D eigenvalue weighted by Crippen LogP contribution is -1.94. The third kappa shape index (κ3) is 4.85. The lowest BCUT2D eigenvalue weighted by molar-refractivity contribution is 0.0697. The highest BCUT2D eigenvalue weighted by atomic mass is 16.4. The van der Waals surface area contributed by atoms with Gasteiger partial charge in [0.25, 0.3) is 0 Å². The van der Waals surface area contributed by atoms with E-state index in [2.05, 4.69) is 36.2 Å². The van der Waals surface area contributed by atoms with E-state index < -0.39 is 5.97 Å². The maximum Gasteiger partial charge on any atom is 0.335 e.